The second kappa shape index (κ2) is 3.47. The van der Waals surface area contributed by atoms with Crippen LogP contribution in [0, 0.1) is 4.91 Å². The molecule has 0 atom stereocenters. The average molecular weight is 166 g/mol. The van der Waals surface area contributed by atoms with Crippen molar-refractivity contribution in [2.45, 2.75) is 0 Å². The Balaban J connectivity index is 2.96. The van der Waals surface area contributed by atoms with E-state index in [0.29, 0.717) is 0 Å². The molecule has 0 aliphatic rings. The first-order valence-corrected chi connectivity index (χ1v) is 3.16. The number of amides is 1. The van der Waals surface area contributed by atoms with Gasteiger partial charge in [-0.1, -0.05) is 12.1 Å². The third-order valence-electron chi connectivity index (χ3n) is 1.24. The fourth-order valence-corrected chi connectivity index (χ4v) is 0.774. The van der Waals surface area contributed by atoms with Crippen LogP contribution in [-0.2, 0) is 0 Å². The normalized spacial score (nSPS) is 9.00. The van der Waals surface area contributed by atoms with Crippen molar-refractivity contribution >= 4 is 17.5 Å². The van der Waals surface area contributed by atoms with E-state index in [4.69, 9.17) is 5.11 Å². The van der Waals surface area contributed by atoms with Crippen LogP contribution < -0.4 is 5.32 Å². The van der Waals surface area contributed by atoms with Crippen molar-refractivity contribution in [3.8, 4) is 0 Å². The molecule has 0 spiro atoms. The van der Waals surface area contributed by atoms with Crippen molar-refractivity contribution in [2.75, 3.05) is 5.32 Å². The maximum atomic E-state index is 10.2. The number of benzene rings is 1. The van der Waals surface area contributed by atoms with Crippen LogP contribution in [-0.4, -0.2) is 11.2 Å². The van der Waals surface area contributed by atoms with Gasteiger partial charge in [0, 0.05) is 0 Å². The van der Waals surface area contributed by atoms with Crippen molar-refractivity contribution in [2.24, 2.45) is 5.18 Å². The molecule has 2 N–H and O–H groups in total. The number of anilines is 1. The number of rotatable bonds is 2. The molecule has 0 heterocycles. The molecule has 5 nitrogen and oxygen atoms in total. The van der Waals surface area contributed by atoms with E-state index in [1.54, 1.807) is 12.1 Å². The summed E-state index contributed by atoms with van der Waals surface area (Å²) in [6, 6.07) is 6.10. The molecule has 5 heteroatoms. The zero-order chi connectivity index (χ0) is 8.97. The third-order valence-corrected chi connectivity index (χ3v) is 1.24. The van der Waals surface area contributed by atoms with Gasteiger partial charge in [0.2, 0.25) is 0 Å². The zero-order valence-electron chi connectivity index (χ0n) is 6.02. The van der Waals surface area contributed by atoms with Crippen LogP contribution in [0.2, 0.25) is 0 Å². The van der Waals surface area contributed by atoms with E-state index < -0.39 is 6.09 Å². The Morgan fingerprint density at radius 2 is 2.08 bits per heavy atom. The van der Waals surface area contributed by atoms with Crippen molar-refractivity contribution in [1.82, 2.24) is 0 Å². The number of nitroso groups, excluding NO2 is 1. The van der Waals surface area contributed by atoms with Gasteiger partial charge in [-0.05, 0) is 17.3 Å². The summed E-state index contributed by atoms with van der Waals surface area (Å²) in [7, 11) is 0. The summed E-state index contributed by atoms with van der Waals surface area (Å²) < 4.78 is 0. The number of carboxylic acid groups (broad SMARTS) is 1. The maximum Gasteiger partial charge on any atom is 0.409 e. The zero-order valence-corrected chi connectivity index (χ0v) is 6.02. The number of nitrogens with zero attached hydrogens (tertiary/aromatic N) is 1. The van der Waals surface area contributed by atoms with E-state index in [1.165, 1.54) is 12.1 Å². The predicted molar refractivity (Wildman–Crippen MR) is 43.5 cm³/mol. The van der Waals surface area contributed by atoms with Crippen LogP contribution in [0.4, 0.5) is 16.2 Å². The topological polar surface area (TPSA) is 78.8 Å². The smallest absolute Gasteiger partial charge is 0.409 e. The number of nitrogens with one attached hydrogen (secondary N) is 1. The number of hydrogen-bond acceptors (Lipinski definition) is 3. The third kappa shape index (κ3) is 1.79. The molecule has 0 aromatic heterocycles. The van der Waals surface area contributed by atoms with Gasteiger partial charge in [0.1, 0.15) is 5.69 Å². The SMILES string of the molecule is O=Nc1ccccc1NC(=O)O. The lowest BCUT2D eigenvalue weighted by molar-refractivity contribution is 0.210. The Kier molecular flexibility index (Phi) is 2.37. The minimum Gasteiger partial charge on any atom is -0.465 e. The molecule has 1 aromatic rings. The lowest BCUT2D eigenvalue weighted by Crippen LogP contribution is -2.06. The largest absolute Gasteiger partial charge is 0.465 e. The summed E-state index contributed by atoms with van der Waals surface area (Å²) in [6.07, 6.45) is -1.22. The molecule has 12 heavy (non-hydrogen) atoms. The molecule has 0 saturated carbocycles. The van der Waals surface area contributed by atoms with Crippen LogP contribution in [0.1, 0.15) is 0 Å². The van der Waals surface area contributed by atoms with E-state index in [1.807, 2.05) is 5.32 Å². The van der Waals surface area contributed by atoms with E-state index >= 15 is 0 Å². The second-order valence-corrected chi connectivity index (χ2v) is 2.04. The Labute approximate surface area is 68.0 Å². The molecule has 0 aliphatic heterocycles. The summed E-state index contributed by atoms with van der Waals surface area (Å²) in [4.78, 5) is 20.3. The molecule has 0 unspecified atom stereocenters. The summed E-state index contributed by atoms with van der Waals surface area (Å²) in [5, 5.41) is 13.0. The van der Waals surface area contributed by atoms with Crippen LogP contribution in [0.15, 0.2) is 29.4 Å². The van der Waals surface area contributed by atoms with E-state index in [2.05, 4.69) is 5.18 Å². The van der Waals surface area contributed by atoms with Gasteiger partial charge in [-0.15, -0.1) is 4.91 Å². The lowest BCUT2D eigenvalue weighted by Gasteiger charge is -2.00. The van der Waals surface area contributed by atoms with Gasteiger partial charge < -0.3 is 5.11 Å². The quantitative estimate of drug-likeness (QED) is 0.660. The summed E-state index contributed by atoms with van der Waals surface area (Å²) in [5.41, 5.74) is 0.278. The number of hydrogen-bond donors (Lipinski definition) is 2. The first-order valence-electron chi connectivity index (χ1n) is 3.16. The Morgan fingerprint density at radius 3 is 2.67 bits per heavy atom. The predicted octanol–water partition coefficient (Wildman–Crippen LogP) is 2.17. The number of para-hydroxylation sites is 1. The van der Waals surface area contributed by atoms with E-state index in [-0.39, 0.29) is 11.4 Å². The van der Waals surface area contributed by atoms with Gasteiger partial charge in [0.15, 0.2) is 0 Å². The summed E-state index contributed by atoms with van der Waals surface area (Å²) in [6.45, 7) is 0. The highest BCUT2D eigenvalue weighted by Gasteiger charge is 2.03. The minimum absolute atomic E-state index is 0.0832. The fraction of sp³-hybridized carbons (Fsp3) is 0. The first-order chi connectivity index (χ1) is 5.74. The highest BCUT2D eigenvalue weighted by molar-refractivity contribution is 5.87. The molecule has 0 fully saturated rings. The van der Waals surface area contributed by atoms with Crippen LogP contribution in [0.5, 0.6) is 0 Å². The van der Waals surface area contributed by atoms with Crippen molar-refractivity contribution in [3.05, 3.63) is 29.2 Å². The van der Waals surface area contributed by atoms with Crippen molar-refractivity contribution in [3.63, 3.8) is 0 Å². The van der Waals surface area contributed by atoms with Gasteiger partial charge in [-0.2, -0.15) is 0 Å². The van der Waals surface area contributed by atoms with Gasteiger partial charge in [-0.25, -0.2) is 4.79 Å². The molecule has 0 saturated heterocycles. The molecule has 62 valence electrons. The maximum absolute atomic E-state index is 10.2. The Hall–Kier alpha value is -1.91. The molecular weight excluding hydrogens is 160 g/mol. The Bertz CT molecular complexity index is 311. The standard InChI is InChI=1S/C7H6N2O3/c10-7(11)8-5-3-1-2-4-6(5)9-12/h1-4,8H,(H,10,11). The molecule has 1 amide bonds. The van der Waals surface area contributed by atoms with Gasteiger partial charge in [-0.3, -0.25) is 5.32 Å². The van der Waals surface area contributed by atoms with Crippen LogP contribution >= 0.6 is 0 Å². The molecule has 0 aliphatic carbocycles. The van der Waals surface area contributed by atoms with Crippen molar-refractivity contribution < 1.29 is 9.90 Å². The fourth-order valence-electron chi connectivity index (χ4n) is 0.774. The summed E-state index contributed by atoms with van der Waals surface area (Å²) >= 11 is 0. The minimum atomic E-state index is -1.22. The number of carbonyl (C=O) groups is 1. The lowest BCUT2D eigenvalue weighted by atomic mass is 10.3. The molecule has 1 rings (SSSR count). The average Bonchev–Trinajstić information content (AvgIpc) is 2.04. The first kappa shape index (κ1) is 8.19. The molecule has 0 radical (unpaired) electrons. The van der Waals surface area contributed by atoms with Gasteiger partial charge in [0.25, 0.3) is 0 Å². The van der Waals surface area contributed by atoms with Gasteiger partial charge in [0.05, 0.1) is 5.69 Å². The van der Waals surface area contributed by atoms with E-state index in [9.17, 15) is 9.70 Å². The Morgan fingerprint density at radius 1 is 1.42 bits per heavy atom. The van der Waals surface area contributed by atoms with E-state index in [0.717, 1.165) is 0 Å². The second-order valence-electron chi connectivity index (χ2n) is 2.04. The van der Waals surface area contributed by atoms with Crippen LogP contribution in [0.3, 0.4) is 0 Å². The van der Waals surface area contributed by atoms with Gasteiger partial charge >= 0.3 is 6.09 Å². The van der Waals surface area contributed by atoms with Crippen molar-refractivity contribution in [1.29, 1.82) is 0 Å². The highest BCUT2D eigenvalue weighted by Crippen LogP contribution is 2.23. The van der Waals surface area contributed by atoms with Crippen LogP contribution in [0.25, 0.3) is 0 Å². The molecule has 0 bridgehead atoms. The molecule has 1 aromatic carbocycles. The summed E-state index contributed by atoms with van der Waals surface area (Å²) in [5.74, 6) is 0. The monoisotopic (exact) mass is 166 g/mol. The highest BCUT2D eigenvalue weighted by atomic mass is 16.4. The molecular formula is C7H6N2O3.